The quantitative estimate of drug-likeness (QED) is 0.770. The summed E-state index contributed by atoms with van der Waals surface area (Å²) in [5.74, 6) is 0.966. The number of nitrogens with one attached hydrogen (secondary N) is 1. The molecule has 21 heavy (non-hydrogen) atoms. The minimum absolute atomic E-state index is 0.243. The van der Waals surface area contributed by atoms with E-state index in [1.54, 1.807) is 6.26 Å². The summed E-state index contributed by atoms with van der Waals surface area (Å²) >= 11 is 0. The Kier molecular flexibility index (Phi) is 3.61. The molecule has 0 aliphatic heterocycles. The maximum atomic E-state index is 9.20. The molecule has 1 heterocycles. The maximum absolute atomic E-state index is 9.20. The van der Waals surface area contributed by atoms with E-state index in [1.807, 2.05) is 48.5 Å². The summed E-state index contributed by atoms with van der Waals surface area (Å²) in [6.07, 6.45) is 2.51. The van der Waals surface area contributed by atoms with Crippen LogP contribution in [0.5, 0.6) is 0 Å². The first-order valence-electron chi connectivity index (χ1n) is 6.98. The predicted molar refractivity (Wildman–Crippen MR) is 84.2 cm³/mol. The zero-order valence-electron chi connectivity index (χ0n) is 11.8. The Morgan fingerprint density at radius 1 is 1.10 bits per heavy atom. The van der Waals surface area contributed by atoms with Gasteiger partial charge in [0.05, 0.1) is 17.9 Å². The van der Waals surface area contributed by atoms with Gasteiger partial charge in [-0.15, -0.1) is 0 Å². The highest BCUT2D eigenvalue weighted by Crippen LogP contribution is 2.27. The predicted octanol–water partition coefficient (Wildman–Crippen LogP) is 4.35. The molecule has 3 nitrogen and oxygen atoms in total. The summed E-state index contributed by atoms with van der Waals surface area (Å²) in [6, 6.07) is 18.2. The molecule has 0 spiro atoms. The molecule has 0 saturated carbocycles. The van der Waals surface area contributed by atoms with Crippen molar-refractivity contribution in [2.45, 2.75) is 19.4 Å². The van der Waals surface area contributed by atoms with Crippen molar-refractivity contribution in [3.05, 3.63) is 66.1 Å². The lowest BCUT2D eigenvalue weighted by molar-refractivity contribution is 0.498. The highest BCUT2D eigenvalue weighted by molar-refractivity contribution is 5.97. The lowest BCUT2D eigenvalue weighted by Crippen LogP contribution is -2.18. The van der Waals surface area contributed by atoms with Crippen LogP contribution in [0.4, 0.5) is 5.69 Å². The third kappa shape index (κ3) is 2.75. The van der Waals surface area contributed by atoms with Gasteiger partial charge in [0.1, 0.15) is 5.76 Å². The first kappa shape index (κ1) is 13.3. The van der Waals surface area contributed by atoms with Crippen LogP contribution in [0.15, 0.2) is 59.2 Å². The van der Waals surface area contributed by atoms with E-state index in [9.17, 15) is 5.26 Å². The molecular formula is C18H16N2O. The highest BCUT2D eigenvalue weighted by atomic mass is 16.3. The van der Waals surface area contributed by atoms with Gasteiger partial charge in [-0.1, -0.05) is 24.3 Å². The number of nitriles is 1. The van der Waals surface area contributed by atoms with Crippen LogP contribution in [0, 0.1) is 11.3 Å². The molecule has 0 amide bonds. The second-order valence-corrected chi connectivity index (χ2v) is 5.15. The van der Waals surface area contributed by atoms with Crippen molar-refractivity contribution < 1.29 is 4.42 Å². The second kappa shape index (κ2) is 5.72. The van der Waals surface area contributed by atoms with Gasteiger partial charge in [0, 0.05) is 28.9 Å². The van der Waals surface area contributed by atoms with E-state index in [-0.39, 0.29) is 6.04 Å². The van der Waals surface area contributed by atoms with E-state index in [0.717, 1.165) is 28.6 Å². The number of benzene rings is 2. The largest absolute Gasteiger partial charge is 0.469 e. The third-order valence-corrected chi connectivity index (χ3v) is 3.53. The molecular weight excluding hydrogens is 260 g/mol. The SMILES string of the molecule is CC(Cc1ccco1)Nc1ccc(C#N)c2ccccc12. The van der Waals surface area contributed by atoms with Crippen LogP contribution in [0.1, 0.15) is 18.2 Å². The Balaban J connectivity index is 1.89. The lowest BCUT2D eigenvalue weighted by Gasteiger charge is -2.16. The Morgan fingerprint density at radius 2 is 1.90 bits per heavy atom. The molecule has 1 unspecified atom stereocenters. The molecule has 2 aromatic carbocycles. The lowest BCUT2D eigenvalue weighted by atomic mass is 10.0. The second-order valence-electron chi connectivity index (χ2n) is 5.15. The number of furan rings is 1. The first-order chi connectivity index (χ1) is 10.3. The van der Waals surface area contributed by atoms with Gasteiger partial charge in [0.25, 0.3) is 0 Å². The van der Waals surface area contributed by atoms with Crippen LogP contribution in [-0.2, 0) is 6.42 Å². The van der Waals surface area contributed by atoms with Crippen molar-refractivity contribution in [1.29, 1.82) is 5.26 Å². The average Bonchev–Trinajstić information content (AvgIpc) is 3.00. The Bertz CT molecular complexity index is 785. The monoisotopic (exact) mass is 276 g/mol. The van der Waals surface area contributed by atoms with Crippen molar-refractivity contribution in [2.24, 2.45) is 0 Å². The van der Waals surface area contributed by atoms with Crippen molar-refractivity contribution in [2.75, 3.05) is 5.32 Å². The Morgan fingerprint density at radius 3 is 2.62 bits per heavy atom. The molecule has 1 aromatic heterocycles. The van der Waals surface area contributed by atoms with E-state index in [4.69, 9.17) is 4.42 Å². The van der Waals surface area contributed by atoms with Gasteiger partial charge in [-0.3, -0.25) is 0 Å². The molecule has 0 aliphatic carbocycles. The number of hydrogen-bond acceptors (Lipinski definition) is 3. The van der Waals surface area contributed by atoms with E-state index in [0.29, 0.717) is 5.56 Å². The maximum Gasteiger partial charge on any atom is 0.105 e. The van der Waals surface area contributed by atoms with Crippen molar-refractivity contribution in [1.82, 2.24) is 0 Å². The third-order valence-electron chi connectivity index (χ3n) is 3.53. The van der Waals surface area contributed by atoms with Crippen LogP contribution >= 0.6 is 0 Å². The molecule has 3 heteroatoms. The smallest absolute Gasteiger partial charge is 0.105 e. The van der Waals surface area contributed by atoms with Crippen molar-refractivity contribution in [3.63, 3.8) is 0 Å². The molecule has 0 bridgehead atoms. The van der Waals surface area contributed by atoms with E-state index in [2.05, 4.69) is 18.3 Å². The number of hydrogen-bond donors (Lipinski definition) is 1. The van der Waals surface area contributed by atoms with Gasteiger partial charge in [-0.2, -0.15) is 5.26 Å². The van der Waals surface area contributed by atoms with E-state index >= 15 is 0 Å². The number of rotatable bonds is 4. The van der Waals surface area contributed by atoms with Gasteiger partial charge in [-0.25, -0.2) is 0 Å². The molecule has 1 atom stereocenters. The molecule has 3 rings (SSSR count). The van der Waals surface area contributed by atoms with Gasteiger partial charge in [0.2, 0.25) is 0 Å². The number of anilines is 1. The summed E-state index contributed by atoms with van der Waals surface area (Å²) in [4.78, 5) is 0. The van der Waals surface area contributed by atoms with Gasteiger partial charge in [0.15, 0.2) is 0 Å². The van der Waals surface area contributed by atoms with Gasteiger partial charge < -0.3 is 9.73 Å². The summed E-state index contributed by atoms with van der Waals surface area (Å²) < 4.78 is 5.38. The fourth-order valence-corrected chi connectivity index (χ4v) is 2.57. The summed E-state index contributed by atoms with van der Waals surface area (Å²) in [6.45, 7) is 2.12. The topological polar surface area (TPSA) is 49.0 Å². The summed E-state index contributed by atoms with van der Waals surface area (Å²) in [7, 11) is 0. The molecule has 0 radical (unpaired) electrons. The normalized spacial score (nSPS) is 12.0. The van der Waals surface area contributed by atoms with Crippen LogP contribution in [0.25, 0.3) is 10.8 Å². The Hall–Kier alpha value is -2.73. The average molecular weight is 276 g/mol. The molecule has 3 aromatic rings. The van der Waals surface area contributed by atoms with Crippen LogP contribution in [-0.4, -0.2) is 6.04 Å². The van der Waals surface area contributed by atoms with E-state index < -0.39 is 0 Å². The summed E-state index contributed by atoms with van der Waals surface area (Å²) in [5.41, 5.74) is 1.75. The highest BCUT2D eigenvalue weighted by Gasteiger charge is 2.09. The van der Waals surface area contributed by atoms with Crippen molar-refractivity contribution >= 4 is 16.5 Å². The minimum atomic E-state index is 0.243. The zero-order chi connectivity index (χ0) is 14.7. The standard InChI is InChI=1S/C18H16N2O/c1-13(11-15-5-4-10-21-15)20-18-9-8-14(12-19)16-6-2-3-7-17(16)18/h2-10,13,20H,11H2,1H3. The van der Waals surface area contributed by atoms with Gasteiger partial charge >= 0.3 is 0 Å². The molecule has 104 valence electrons. The summed E-state index contributed by atoms with van der Waals surface area (Å²) in [5, 5.41) is 14.8. The Labute approximate surface area is 123 Å². The molecule has 0 saturated heterocycles. The van der Waals surface area contributed by atoms with Gasteiger partial charge in [-0.05, 0) is 31.2 Å². The molecule has 1 N–H and O–H groups in total. The number of fused-ring (bicyclic) bond motifs is 1. The molecule has 0 aliphatic rings. The van der Waals surface area contributed by atoms with E-state index in [1.165, 1.54) is 0 Å². The van der Waals surface area contributed by atoms with Crippen LogP contribution < -0.4 is 5.32 Å². The number of nitrogens with zero attached hydrogens (tertiary/aromatic N) is 1. The van der Waals surface area contributed by atoms with Crippen molar-refractivity contribution in [3.8, 4) is 6.07 Å². The zero-order valence-corrected chi connectivity index (χ0v) is 11.8. The molecule has 0 fully saturated rings. The van der Waals surface area contributed by atoms with Crippen LogP contribution in [0.2, 0.25) is 0 Å². The first-order valence-corrected chi connectivity index (χ1v) is 6.98. The van der Waals surface area contributed by atoms with Crippen LogP contribution in [0.3, 0.4) is 0 Å². The fourth-order valence-electron chi connectivity index (χ4n) is 2.57. The fraction of sp³-hybridized carbons (Fsp3) is 0.167. The minimum Gasteiger partial charge on any atom is -0.469 e.